The van der Waals surface area contributed by atoms with Crippen molar-refractivity contribution in [3.63, 3.8) is 0 Å². The van der Waals surface area contributed by atoms with Gasteiger partial charge >= 0.3 is 0 Å². The molecule has 4 heteroatoms. The fourth-order valence-electron chi connectivity index (χ4n) is 4.73. The first-order valence-corrected chi connectivity index (χ1v) is 15.7. The van der Waals surface area contributed by atoms with Crippen molar-refractivity contribution in [2.75, 3.05) is 0 Å². The van der Waals surface area contributed by atoms with Crippen LogP contribution in [0.5, 0.6) is 0 Å². The first-order chi connectivity index (χ1) is 12.7. The fraction of sp³-hybridized carbons (Fsp3) is 0.739. The topological polar surface area (TPSA) is 18.5 Å². The number of benzene rings is 1. The summed E-state index contributed by atoms with van der Waals surface area (Å²) in [7, 11) is -3.31. The van der Waals surface area contributed by atoms with Gasteiger partial charge in [-0.05, 0) is 45.9 Å². The third-order valence-electron chi connectivity index (χ3n) is 6.70. The summed E-state index contributed by atoms with van der Waals surface area (Å²) in [5.41, 5.74) is 4.44. The van der Waals surface area contributed by atoms with Crippen molar-refractivity contribution in [3.05, 3.63) is 35.4 Å². The van der Waals surface area contributed by atoms with Gasteiger partial charge in [0.2, 0.25) is 8.32 Å². The van der Waals surface area contributed by atoms with Gasteiger partial charge in [-0.2, -0.15) is 0 Å². The molecule has 0 bridgehead atoms. The molecule has 0 aliphatic rings. The summed E-state index contributed by atoms with van der Waals surface area (Å²) in [4.78, 5) is 0. The minimum Gasteiger partial charge on any atom is -0.413 e. The van der Waals surface area contributed by atoms with E-state index in [1.165, 1.54) is 29.3 Å². The van der Waals surface area contributed by atoms with Crippen molar-refractivity contribution in [1.29, 1.82) is 0 Å². The lowest BCUT2D eigenvalue weighted by Gasteiger charge is -2.42. The van der Waals surface area contributed by atoms with Crippen LogP contribution in [-0.4, -0.2) is 16.6 Å². The van der Waals surface area contributed by atoms with Crippen LogP contribution in [0.1, 0.15) is 73.4 Å². The molecular weight excluding hydrogens is 364 g/mol. The van der Waals surface area contributed by atoms with E-state index in [1.54, 1.807) is 0 Å². The van der Waals surface area contributed by atoms with Crippen LogP contribution in [0.15, 0.2) is 24.3 Å². The second kappa shape index (κ2) is 10.9. The van der Waals surface area contributed by atoms with Gasteiger partial charge in [0.1, 0.15) is 0 Å². The zero-order chi connectivity index (χ0) is 20.7. The summed E-state index contributed by atoms with van der Waals surface area (Å²) < 4.78 is 13.1. The summed E-state index contributed by atoms with van der Waals surface area (Å²) in [6.07, 6.45) is 0. The maximum atomic E-state index is 6.72. The molecule has 0 saturated carbocycles. The number of rotatable bonds is 12. The van der Waals surface area contributed by atoms with Gasteiger partial charge in [0.15, 0.2) is 8.32 Å². The van der Waals surface area contributed by atoms with Gasteiger partial charge in [0, 0.05) is 0 Å². The summed E-state index contributed by atoms with van der Waals surface area (Å²) in [6, 6.07) is 12.5. The van der Waals surface area contributed by atoms with E-state index in [-0.39, 0.29) is 0 Å². The molecular formula is C23H44O2Si2. The van der Waals surface area contributed by atoms with Gasteiger partial charge in [0.25, 0.3) is 0 Å². The Hall–Kier alpha value is -0.426. The van der Waals surface area contributed by atoms with E-state index in [1.807, 2.05) is 0 Å². The van der Waals surface area contributed by atoms with Crippen LogP contribution >= 0.6 is 0 Å². The molecule has 156 valence electrons. The predicted octanol–water partition coefficient (Wildman–Crippen LogP) is 7.90. The Bertz CT molecular complexity index is 504. The van der Waals surface area contributed by atoms with Gasteiger partial charge in [-0.25, -0.2) is 0 Å². The molecule has 0 heterocycles. The summed E-state index contributed by atoms with van der Waals surface area (Å²) in [5, 5.41) is 0. The van der Waals surface area contributed by atoms with Gasteiger partial charge in [-0.1, -0.05) is 86.6 Å². The highest BCUT2D eigenvalue weighted by Gasteiger charge is 2.44. The molecule has 1 rings (SSSR count). The Labute approximate surface area is 171 Å². The van der Waals surface area contributed by atoms with Crippen molar-refractivity contribution in [3.8, 4) is 0 Å². The lowest BCUT2D eigenvalue weighted by Crippen LogP contribution is -2.47. The Balaban J connectivity index is 2.77. The van der Waals surface area contributed by atoms with E-state index in [2.05, 4.69) is 86.6 Å². The molecule has 0 unspecified atom stereocenters. The monoisotopic (exact) mass is 408 g/mol. The van der Waals surface area contributed by atoms with E-state index in [0.717, 1.165) is 13.2 Å². The Morgan fingerprint density at radius 1 is 0.630 bits per heavy atom. The van der Waals surface area contributed by atoms with Gasteiger partial charge in [-0.15, -0.1) is 0 Å². The lowest BCUT2D eigenvalue weighted by molar-refractivity contribution is 0.265. The van der Waals surface area contributed by atoms with Crippen molar-refractivity contribution in [2.45, 2.75) is 110 Å². The standard InChI is InChI=1S/C23H44O2Si2/c1-10-26(11-2,12-3)24-17-22-13-15-23(16-14-22)18-25-27(19(4)5,20(6)7)21(8)9/h13-16,19-21H,10-12,17-18H2,1-9H3. The number of hydrogen-bond acceptors (Lipinski definition) is 2. The van der Waals surface area contributed by atoms with Crippen LogP contribution in [0.2, 0.25) is 34.8 Å². The van der Waals surface area contributed by atoms with E-state index < -0.39 is 16.6 Å². The maximum absolute atomic E-state index is 6.72. The molecule has 1 aromatic rings. The first kappa shape index (κ1) is 24.6. The fourth-order valence-corrected chi connectivity index (χ4v) is 12.7. The Morgan fingerprint density at radius 3 is 1.26 bits per heavy atom. The third kappa shape index (κ3) is 6.02. The quantitative estimate of drug-likeness (QED) is 0.327. The summed E-state index contributed by atoms with van der Waals surface area (Å²) in [5.74, 6) is 0. The van der Waals surface area contributed by atoms with E-state index in [4.69, 9.17) is 8.85 Å². The minimum absolute atomic E-state index is 0.625. The molecule has 0 fully saturated rings. The highest BCUT2D eigenvalue weighted by atomic mass is 28.4. The highest BCUT2D eigenvalue weighted by Crippen LogP contribution is 2.42. The molecule has 0 radical (unpaired) electrons. The van der Waals surface area contributed by atoms with E-state index in [0.29, 0.717) is 16.6 Å². The van der Waals surface area contributed by atoms with Crippen LogP contribution in [-0.2, 0) is 22.1 Å². The zero-order valence-corrected chi connectivity index (χ0v) is 21.4. The average Bonchev–Trinajstić information content (AvgIpc) is 2.64. The minimum atomic E-state index is -1.80. The molecule has 0 aromatic heterocycles. The summed E-state index contributed by atoms with van der Waals surface area (Å²) >= 11 is 0. The predicted molar refractivity (Wildman–Crippen MR) is 124 cm³/mol. The molecule has 0 aliphatic carbocycles. The van der Waals surface area contributed by atoms with E-state index >= 15 is 0 Å². The van der Waals surface area contributed by atoms with Crippen LogP contribution in [0.25, 0.3) is 0 Å². The Morgan fingerprint density at radius 2 is 0.963 bits per heavy atom. The zero-order valence-electron chi connectivity index (χ0n) is 19.4. The maximum Gasteiger partial charge on any atom is 0.200 e. The van der Waals surface area contributed by atoms with Gasteiger partial charge in [-0.3, -0.25) is 0 Å². The molecule has 2 nitrogen and oxygen atoms in total. The average molecular weight is 409 g/mol. The normalized spacial score (nSPS) is 13.2. The molecule has 0 atom stereocenters. The Kier molecular flexibility index (Phi) is 9.97. The van der Waals surface area contributed by atoms with Crippen LogP contribution in [0, 0.1) is 0 Å². The molecule has 0 amide bonds. The molecule has 0 saturated heterocycles. The largest absolute Gasteiger partial charge is 0.413 e. The van der Waals surface area contributed by atoms with E-state index in [9.17, 15) is 0 Å². The summed E-state index contributed by atoms with van der Waals surface area (Å²) in [6.45, 7) is 22.4. The molecule has 0 N–H and O–H groups in total. The first-order valence-electron chi connectivity index (χ1n) is 11.0. The lowest BCUT2D eigenvalue weighted by atomic mass is 10.1. The third-order valence-corrected chi connectivity index (χ3v) is 17.4. The molecule has 0 spiro atoms. The van der Waals surface area contributed by atoms with Gasteiger partial charge in [0.05, 0.1) is 13.2 Å². The highest BCUT2D eigenvalue weighted by molar-refractivity contribution is 6.77. The van der Waals surface area contributed by atoms with Crippen LogP contribution < -0.4 is 0 Å². The van der Waals surface area contributed by atoms with Crippen molar-refractivity contribution in [2.24, 2.45) is 0 Å². The van der Waals surface area contributed by atoms with Crippen molar-refractivity contribution in [1.82, 2.24) is 0 Å². The van der Waals surface area contributed by atoms with Crippen molar-refractivity contribution < 1.29 is 8.85 Å². The van der Waals surface area contributed by atoms with Crippen molar-refractivity contribution >= 4 is 16.6 Å². The SMILES string of the molecule is CC[Si](CC)(CC)OCc1ccc(CO[Si](C(C)C)(C(C)C)C(C)C)cc1. The van der Waals surface area contributed by atoms with Crippen LogP contribution in [0.4, 0.5) is 0 Å². The number of hydrogen-bond donors (Lipinski definition) is 0. The molecule has 0 aliphatic heterocycles. The smallest absolute Gasteiger partial charge is 0.200 e. The second-order valence-electron chi connectivity index (χ2n) is 8.96. The molecule has 1 aromatic carbocycles. The van der Waals surface area contributed by atoms with Gasteiger partial charge < -0.3 is 8.85 Å². The second-order valence-corrected chi connectivity index (χ2v) is 19.2. The molecule has 27 heavy (non-hydrogen) atoms. The van der Waals surface area contributed by atoms with Crippen LogP contribution in [0.3, 0.4) is 0 Å².